The van der Waals surface area contributed by atoms with Gasteiger partial charge in [-0.05, 0) is 0 Å². The quantitative estimate of drug-likeness (QED) is 0.643. The van der Waals surface area contributed by atoms with Crippen molar-refractivity contribution in [3.05, 3.63) is 13.8 Å². The Morgan fingerprint density at radius 3 is 0.667 bits per heavy atom. The van der Waals surface area contributed by atoms with Crippen molar-refractivity contribution in [3.63, 3.8) is 0 Å². The van der Waals surface area contributed by atoms with Gasteiger partial charge < -0.3 is 13.8 Å². The van der Waals surface area contributed by atoms with Crippen molar-refractivity contribution in [1.29, 1.82) is 0 Å². The number of hydrogen-bond acceptors (Lipinski definition) is 0. The van der Waals surface area contributed by atoms with Crippen molar-refractivity contribution < 1.29 is 92.8 Å². The SMILES string of the molecule is [CH2-]CC[CH2-].[V].[V].[V].[V].[V]. The molecule has 0 N–H and O–H groups in total. The molecular weight excluding hydrogens is 303 g/mol. The van der Waals surface area contributed by atoms with Gasteiger partial charge in [-0.3, -0.25) is 0 Å². The topological polar surface area (TPSA) is 0 Å². The van der Waals surface area contributed by atoms with Gasteiger partial charge in [-0.15, -0.1) is 0 Å². The molecule has 0 aromatic rings. The van der Waals surface area contributed by atoms with E-state index in [1.165, 1.54) is 0 Å². The number of rotatable bonds is 1. The van der Waals surface area contributed by atoms with Crippen molar-refractivity contribution in [3.8, 4) is 0 Å². The summed E-state index contributed by atoms with van der Waals surface area (Å²) in [7, 11) is 0. The van der Waals surface area contributed by atoms with Crippen LogP contribution in [-0.2, 0) is 92.8 Å². The van der Waals surface area contributed by atoms with Gasteiger partial charge in [-0.2, -0.15) is 0 Å². The maximum Gasteiger partial charge on any atom is 0 e. The van der Waals surface area contributed by atoms with Crippen molar-refractivity contribution in [2.45, 2.75) is 12.8 Å². The van der Waals surface area contributed by atoms with Gasteiger partial charge >= 0.3 is 0 Å². The molecule has 0 atom stereocenters. The first-order valence-corrected chi connectivity index (χ1v) is 1.50. The first-order chi connectivity index (χ1) is 1.91. The van der Waals surface area contributed by atoms with Crippen LogP contribution in [0.3, 0.4) is 0 Å². The third-order valence-electron chi connectivity index (χ3n) is 0.250. The zero-order valence-corrected chi connectivity index (χ0v) is 12.0. The van der Waals surface area contributed by atoms with E-state index >= 15 is 0 Å². The summed E-state index contributed by atoms with van der Waals surface area (Å²) in [5.41, 5.74) is 0. The van der Waals surface area contributed by atoms with Crippen molar-refractivity contribution in [2.24, 2.45) is 0 Å². The Balaban J connectivity index is -0.00000000450. The summed E-state index contributed by atoms with van der Waals surface area (Å²) < 4.78 is 0. The minimum absolute atomic E-state index is 0. The summed E-state index contributed by atoms with van der Waals surface area (Å²) in [6, 6.07) is 0. The maximum atomic E-state index is 3.54. The smallest absolute Gasteiger partial charge is 0 e. The Kier molecular flexibility index (Phi) is 200. The van der Waals surface area contributed by atoms with E-state index in [4.69, 9.17) is 0 Å². The minimum atomic E-state index is 0. The van der Waals surface area contributed by atoms with Gasteiger partial charge in [0.15, 0.2) is 0 Å². The van der Waals surface area contributed by atoms with E-state index in [0.717, 1.165) is 12.8 Å². The molecule has 5 heteroatoms. The maximum absolute atomic E-state index is 3.54. The fraction of sp³-hybridized carbons (Fsp3) is 0.500. The van der Waals surface area contributed by atoms with Crippen molar-refractivity contribution in [1.82, 2.24) is 0 Å². The largest absolute Gasteiger partial charge is 0.346 e. The molecule has 5 radical (unpaired) electrons. The van der Waals surface area contributed by atoms with Crippen LogP contribution in [0.1, 0.15) is 12.8 Å². The molecule has 0 heterocycles. The molecule has 0 amide bonds. The molecule has 0 aromatic carbocycles. The van der Waals surface area contributed by atoms with E-state index in [2.05, 4.69) is 13.8 Å². The Morgan fingerprint density at radius 1 is 0.556 bits per heavy atom. The number of unbranched alkanes of at least 4 members (excludes halogenated alkanes) is 1. The Hall–Kier alpha value is 2.92. The van der Waals surface area contributed by atoms with Gasteiger partial charge in [0.25, 0.3) is 0 Å². The second-order valence-electron chi connectivity index (χ2n) is 0.707. The molecule has 0 aliphatic rings. The molecule has 0 fully saturated rings. The van der Waals surface area contributed by atoms with E-state index in [9.17, 15) is 0 Å². The molecule has 0 saturated heterocycles. The van der Waals surface area contributed by atoms with Gasteiger partial charge in [-0.1, -0.05) is 0 Å². The molecule has 0 bridgehead atoms. The fourth-order valence-electron chi connectivity index (χ4n) is 0. The third kappa shape index (κ3) is 56.5. The molecule has 0 nitrogen and oxygen atoms in total. The Morgan fingerprint density at radius 2 is 0.667 bits per heavy atom. The molecule has 0 spiro atoms. The average molecular weight is 311 g/mol. The van der Waals surface area contributed by atoms with E-state index < -0.39 is 0 Å². The molecule has 0 saturated carbocycles. The summed E-state index contributed by atoms with van der Waals surface area (Å²) in [5.74, 6) is 0. The van der Waals surface area contributed by atoms with Gasteiger partial charge in [0, 0.05) is 92.8 Å². The van der Waals surface area contributed by atoms with Crippen LogP contribution in [0, 0.1) is 13.8 Å². The molecule has 0 aromatic heterocycles. The van der Waals surface area contributed by atoms with Crippen LogP contribution in [0.25, 0.3) is 0 Å². The minimum Gasteiger partial charge on any atom is -0.346 e. The molecule has 0 aliphatic heterocycles. The van der Waals surface area contributed by atoms with Crippen LogP contribution in [0.4, 0.5) is 0 Å². The molecule has 9 heavy (non-hydrogen) atoms. The zero-order chi connectivity index (χ0) is 3.41. The predicted octanol–water partition coefficient (Wildman–Crippen LogP) is 1.42. The standard InChI is InChI=1S/C4H8.5V/c1-3-4-2;;;;;/h1-4H2;;;;;/q-2;;;;;. The van der Waals surface area contributed by atoms with Crippen molar-refractivity contribution in [2.75, 3.05) is 0 Å². The third-order valence-corrected chi connectivity index (χ3v) is 0.250. The van der Waals surface area contributed by atoms with Gasteiger partial charge in [0.05, 0.1) is 0 Å². The van der Waals surface area contributed by atoms with Crippen molar-refractivity contribution >= 4 is 0 Å². The van der Waals surface area contributed by atoms with Crippen LogP contribution in [-0.4, -0.2) is 0 Å². The van der Waals surface area contributed by atoms with E-state index in [0.29, 0.717) is 0 Å². The van der Waals surface area contributed by atoms with Gasteiger partial charge in [0.2, 0.25) is 0 Å². The summed E-state index contributed by atoms with van der Waals surface area (Å²) in [5, 5.41) is 0. The van der Waals surface area contributed by atoms with E-state index in [1.54, 1.807) is 0 Å². The summed E-state index contributed by atoms with van der Waals surface area (Å²) in [4.78, 5) is 0. The average Bonchev–Trinajstić information content (AvgIpc) is 1.37. The molecule has 0 rings (SSSR count). The predicted molar refractivity (Wildman–Crippen MR) is 19.9 cm³/mol. The van der Waals surface area contributed by atoms with E-state index in [-0.39, 0.29) is 92.8 Å². The second kappa shape index (κ2) is 44.4. The first-order valence-electron chi connectivity index (χ1n) is 1.50. The number of hydrogen-bond donors (Lipinski definition) is 0. The summed E-state index contributed by atoms with van der Waals surface area (Å²) >= 11 is 0. The van der Waals surface area contributed by atoms with E-state index in [1.807, 2.05) is 0 Å². The second-order valence-corrected chi connectivity index (χ2v) is 0.707. The molecular formula is C4H8V5-2. The van der Waals surface area contributed by atoms with Crippen LogP contribution < -0.4 is 0 Å². The molecule has 51 valence electrons. The Labute approximate surface area is 118 Å². The first kappa shape index (κ1) is 40.6. The normalized spacial score (nSPS) is 3.33. The molecule has 0 aliphatic carbocycles. The summed E-state index contributed by atoms with van der Waals surface area (Å²) in [6.07, 6.45) is 1.92. The van der Waals surface area contributed by atoms with Crippen LogP contribution >= 0.6 is 0 Å². The Bertz CT molecular complexity index is 10.9. The van der Waals surface area contributed by atoms with Crippen LogP contribution in [0.5, 0.6) is 0 Å². The summed E-state index contributed by atoms with van der Waals surface area (Å²) in [6.45, 7) is 7.08. The fourth-order valence-corrected chi connectivity index (χ4v) is 0. The monoisotopic (exact) mass is 311 g/mol. The van der Waals surface area contributed by atoms with Gasteiger partial charge in [-0.25, -0.2) is 12.8 Å². The molecule has 0 unspecified atom stereocenters. The van der Waals surface area contributed by atoms with Crippen LogP contribution in [0.2, 0.25) is 0 Å². The van der Waals surface area contributed by atoms with Gasteiger partial charge in [0.1, 0.15) is 0 Å². The van der Waals surface area contributed by atoms with Crippen LogP contribution in [0.15, 0.2) is 0 Å². The zero-order valence-electron chi connectivity index (χ0n) is 5.06.